The molecule has 0 fully saturated rings. The van der Waals surface area contributed by atoms with Crippen LogP contribution in [-0.2, 0) is 33.2 Å². The second kappa shape index (κ2) is 54.3. The normalized spacial score (nSPS) is 10.5. The van der Waals surface area contributed by atoms with Gasteiger partial charge < -0.3 is 90.8 Å². The maximum Gasteiger partial charge on any atom is 0.335 e. The number of hydrazine groups is 1. The molecular formula is C86H106ClFN12O18. The Hall–Kier alpha value is -11.6. The summed E-state index contributed by atoms with van der Waals surface area (Å²) in [4.78, 5) is 40.7. The number of aromatic nitrogens is 6. The molecule has 632 valence electrons. The quantitative estimate of drug-likeness (QED) is 0.00453. The number of alkyl halides is 2. The molecule has 0 aliphatic carbocycles. The van der Waals surface area contributed by atoms with E-state index in [4.69, 9.17) is 88.6 Å². The minimum atomic E-state index is -0.875. The number of rotatable bonds is 40. The highest BCUT2D eigenvalue weighted by Gasteiger charge is 2.16. The lowest BCUT2D eigenvalue weighted by Crippen LogP contribution is -2.28. The summed E-state index contributed by atoms with van der Waals surface area (Å²) in [6, 6.07) is 59.7. The zero-order chi connectivity index (χ0) is 85.2. The van der Waals surface area contributed by atoms with Gasteiger partial charge in [-0.05, 0) is 189 Å². The van der Waals surface area contributed by atoms with Gasteiger partial charge in [0.2, 0.25) is 35.3 Å². The number of nitrogens with zero attached hydrogens (tertiary/aromatic N) is 10. The van der Waals surface area contributed by atoms with E-state index in [1.807, 2.05) is 216 Å². The number of nitrogens with two attached hydrogens (primary N) is 1. The molecule has 0 unspecified atom stereocenters. The van der Waals surface area contributed by atoms with Gasteiger partial charge in [0.1, 0.15) is 37.1 Å². The van der Waals surface area contributed by atoms with Gasteiger partial charge in [-0.1, -0.05) is 17.7 Å². The molecule has 0 amide bonds. The van der Waals surface area contributed by atoms with E-state index in [1.165, 1.54) is 6.92 Å². The number of Topliss-reactive ketones (excluding diaryl/α,β-unsaturated/α-hetero) is 1. The highest BCUT2D eigenvalue weighted by atomic mass is 35.5. The van der Waals surface area contributed by atoms with E-state index in [9.17, 15) is 18.8 Å². The fourth-order valence-electron chi connectivity index (χ4n) is 9.77. The van der Waals surface area contributed by atoms with Gasteiger partial charge in [0.05, 0.1) is 105 Å². The number of ketones is 1. The minimum Gasteiger partial charge on any atom is -0.491 e. The number of aromatic carboxylic acids is 1. The van der Waals surface area contributed by atoms with Crippen molar-refractivity contribution in [2.24, 2.45) is 5.84 Å². The number of benzene rings is 8. The third-order valence-corrected chi connectivity index (χ3v) is 16.2. The van der Waals surface area contributed by atoms with Crippen LogP contribution in [0.1, 0.15) is 33.2 Å². The van der Waals surface area contributed by atoms with Crippen molar-refractivity contribution in [1.82, 2.24) is 36.0 Å². The molecule has 0 bridgehead atoms. The predicted molar refractivity (Wildman–Crippen MR) is 452 cm³/mol. The standard InChI is InChI=1S/C22H26FN3O4.C22H27N3O5.C18H17N3O3.C10H15N3O.C8H8O2.C6H13ClO3/c1-26(2)19-7-3-17(4-8-19)21-24-25-22(30-21)18-5-9-20(10-6-18)29-16-15-28-14-13-27-12-11-23;1-25(2)19-7-3-17(4-8-19)21-23-24-22(30-21)18-5-9-20(10-6-18)29-16-15-28-14-13-27-12-11-26;1-12(22)23-16-10-6-14(7-11-16)18-20-19-17(24-18)13-4-8-15(9-5-13)21(2)3;1-13(2)9-5-3-8(4-6-9)10(14)7-12-11;1-6-2-4-7(5-3-6)8(9)10;7-1-3-9-5-6-10-4-2-8/h3-10H,11-16H2,1-2H3;3-10,26H,11-16H2,1-2H3;4-11H,1-3H3;3-6,12H,7,11H2,1-2H3;2-5H,1H3,(H,9,10);8H,1-6H2. The van der Waals surface area contributed by atoms with Crippen LogP contribution in [0.5, 0.6) is 17.2 Å². The van der Waals surface area contributed by atoms with Crippen molar-refractivity contribution < 1.29 is 90.0 Å². The van der Waals surface area contributed by atoms with E-state index in [0.717, 1.165) is 73.2 Å². The summed E-state index contributed by atoms with van der Waals surface area (Å²) < 4.78 is 76.3. The van der Waals surface area contributed by atoms with Gasteiger partial charge in [0, 0.05) is 131 Å². The van der Waals surface area contributed by atoms with Crippen molar-refractivity contribution >= 4 is 52.1 Å². The van der Waals surface area contributed by atoms with Crippen LogP contribution in [0, 0.1) is 6.92 Å². The Bertz CT molecular complexity index is 4410. The topological polar surface area (TPSA) is 363 Å². The van der Waals surface area contributed by atoms with Gasteiger partial charge >= 0.3 is 11.9 Å². The molecule has 0 saturated carbocycles. The number of anilines is 4. The first-order valence-corrected chi connectivity index (χ1v) is 38.1. The maximum atomic E-state index is 11.9. The molecule has 0 radical (unpaired) electrons. The molecule has 0 spiro atoms. The Balaban J connectivity index is 0.000000231. The first-order chi connectivity index (χ1) is 57.1. The number of esters is 1. The molecule has 3 heterocycles. The second-order valence-corrected chi connectivity index (χ2v) is 26.2. The molecule has 0 aliphatic rings. The first kappa shape index (κ1) is 95.3. The largest absolute Gasteiger partial charge is 0.491 e. The van der Waals surface area contributed by atoms with Crippen LogP contribution >= 0.6 is 11.6 Å². The van der Waals surface area contributed by atoms with Crippen molar-refractivity contribution in [2.75, 3.05) is 201 Å². The number of hydrogen-bond acceptors (Lipinski definition) is 29. The minimum absolute atomic E-state index is 0.00203. The second-order valence-electron chi connectivity index (χ2n) is 25.8. The number of aryl methyl sites for hydroxylation is 1. The van der Waals surface area contributed by atoms with E-state index in [0.29, 0.717) is 144 Å². The van der Waals surface area contributed by atoms with Gasteiger partial charge in [-0.15, -0.1) is 42.2 Å². The molecule has 6 N–H and O–H groups in total. The van der Waals surface area contributed by atoms with E-state index in [-0.39, 0.29) is 38.1 Å². The van der Waals surface area contributed by atoms with E-state index in [2.05, 4.69) is 36.0 Å². The van der Waals surface area contributed by atoms with Crippen molar-refractivity contribution in [1.29, 1.82) is 0 Å². The smallest absolute Gasteiger partial charge is 0.335 e. The summed E-state index contributed by atoms with van der Waals surface area (Å²) in [5.41, 5.74) is 13.8. The first-order valence-electron chi connectivity index (χ1n) is 37.6. The maximum absolute atomic E-state index is 11.9. The molecule has 3 aromatic heterocycles. The molecule has 32 heteroatoms. The lowest BCUT2D eigenvalue weighted by Gasteiger charge is -2.12. The Morgan fingerprint density at radius 1 is 0.390 bits per heavy atom. The molecule has 8 aromatic carbocycles. The van der Waals surface area contributed by atoms with Crippen LogP contribution < -0.4 is 45.1 Å². The average molecular weight is 1650 g/mol. The summed E-state index contributed by atoms with van der Waals surface area (Å²) >= 11 is 5.34. The summed E-state index contributed by atoms with van der Waals surface area (Å²) in [5, 5.41) is 50.1. The molecule has 0 saturated heterocycles. The van der Waals surface area contributed by atoms with E-state index < -0.39 is 12.6 Å². The van der Waals surface area contributed by atoms with Crippen molar-refractivity contribution in [3.05, 3.63) is 211 Å². The Kier molecular flexibility index (Phi) is 43.9. The van der Waals surface area contributed by atoms with Crippen LogP contribution in [0.2, 0.25) is 0 Å². The summed E-state index contributed by atoms with van der Waals surface area (Å²) in [7, 11) is 15.9. The highest BCUT2D eigenvalue weighted by molar-refractivity contribution is 6.18. The summed E-state index contributed by atoms with van der Waals surface area (Å²) in [5.74, 6) is 9.01. The molecule has 30 nitrogen and oxygen atoms in total. The van der Waals surface area contributed by atoms with Crippen molar-refractivity contribution in [3.8, 4) is 86.0 Å². The number of carbonyl (C=O) groups excluding carboxylic acids is 2. The van der Waals surface area contributed by atoms with Gasteiger partial charge in [-0.25, -0.2) is 9.18 Å². The fraction of sp³-hybridized carbons (Fsp3) is 0.337. The number of nitrogens with one attached hydrogen (secondary N) is 1. The number of carboxylic acids is 1. The van der Waals surface area contributed by atoms with Gasteiger partial charge in [0.25, 0.3) is 0 Å². The van der Waals surface area contributed by atoms with Crippen molar-refractivity contribution in [2.45, 2.75) is 13.8 Å². The van der Waals surface area contributed by atoms with E-state index in [1.54, 1.807) is 60.7 Å². The highest BCUT2D eigenvalue weighted by Crippen LogP contribution is 2.31. The van der Waals surface area contributed by atoms with Gasteiger partial charge in [-0.3, -0.25) is 20.9 Å². The Morgan fingerprint density at radius 3 is 0.941 bits per heavy atom. The SMILES string of the molecule is CC(=O)Oc1ccc(-c2nnc(-c3ccc(N(C)C)cc3)o2)cc1.CN(C)c1ccc(-c2nnc(-c3ccc(OCCOCCOCCF)cc3)o2)cc1.CN(C)c1ccc(-c2nnc(-c3ccc(OCCOCCOCCO)cc3)o2)cc1.CN(C)c1ccc(C(=O)CNN)cc1.Cc1ccc(C(=O)O)cc1.OCCOCCOCCCl. The molecule has 118 heavy (non-hydrogen) atoms. The number of ether oxygens (including phenoxy) is 9. The molecule has 11 rings (SSSR count). The van der Waals surface area contributed by atoms with Gasteiger partial charge in [0.15, 0.2) is 5.78 Å². The average Bonchev–Trinajstić information content (AvgIpc) is 1.70. The molecule has 0 aliphatic heterocycles. The molecular weight excluding hydrogens is 1540 g/mol. The predicted octanol–water partition coefficient (Wildman–Crippen LogP) is 12.5. The van der Waals surface area contributed by atoms with E-state index >= 15 is 0 Å². The number of hydrogen-bond donors (Lipinski definition) is 5. The number of halogens is 2. The molecule has 11 aromatic rings. The monoisotopic (exact) mass is 1650 g/mol. The Morgan fingerprint density at radius 2 is 0.661 bits per heavy atom. The molecule has 0 atom stereocenters. The van der Waals surface area contributed by atoms with Crippen LogP contribution in [0.15, 0.2) is 207 Å². The number of aliphatic hydroxyl groups is 2. The zero-order valence-electron chi connectivity index (χ0n) is 68.2. The zero-order valence-corrected chi connectivity index (χ0v) is 68.9. The van der Waals surface area contributed by atoms with Gasteiger partial charge in [-0.2, -0.15) is 0 Å². The summed E-state index contributed by atoms with van der Waals surface area (Å²) in [6.07, 6.45) is 0. The Labute approximate surface area is 692 Å². The summed E-state index contributed by atoms with van der Waals surface area (Å²) in [6.45, 7) is 8.98. The third kappa shape index (κ3) is 35.5. The number of carboxylic acid groups (broad SMARTS) is 1. The van der Waals surface area contributed by atoms with Crippen LogP contribution in [-0.4, -0.2) is 245 Å². The fourth-order valence-corrected chi connectivity index (χ4v) is 9.88. The van der Waals surface area contributed by atoms with Crippen LogP contribution in [0.4, 0.5) is 27.1 Å². The number of carbonyl (C=O) groups is 3. The van der Waals surface area contributed by atoms with Crippen LogP contribution in [0.3, 0.4) is 0 Å². The lowest BCUT2D eigenvalue weighted by molar-refractivity contribution is -0.131. The van der Waals surface area contributed by atoms with Crippen molar-refractivity contribution in [3.63, 3.8) is 0 Å². The van der Waals surface area contributed by atoms with Crippen LogP contribution in [0.25, 0.3) is 68.7 Å². The lowest BCUT2D eigenvalue weighted by atomic mass is 10.1. The number of aliphatic hydroxyl groups excluding tert-OH is 2. The third-order valence-electron chi connectivity index (χ3n) is 16.0.